The van der Waals surface area contributed by atoms with E-state index >= 15 is 0 Å². The van der Waals surface area contributed by atoms with Gasteiger partial charge in [0.05, 0.1) is 0 Å². The van der Waals surface area contributed by atoms with Gasteiger partial charge in [-0.25, -0.2) is 9.59 Å². The second-order valence-corrected chi connectivity index (χ2v) is 3.08. The molecule has 6 nitrogen and oxygen atoms in total. The summed E-state index contributed by atoms with van der Waals surface area (Å²) < 4.78 is 9.55. The molecule has 0 amide bonds. The molecule has 0 bridgehead atoms. The van der Waals surface area contributed by atoms with Crippen molar-refractivity contribution in [1.82, 2.24) is 0 Å². The maximum Gasteiger partial charge on any atom is 0.339 e. The average Bonchev–Trinajstić information content (AvgIpc) is 2.31. The molecule has 0 spiro atoms. The van der Waals surface area contributed by atoms with Crippen LogP contribution in [-0.4, -0.2) is 40.1 Å². The number of hydrogen-bond donors (Lipinski definition) is 2. The molecule has 1 heterocycles. The van der Waals surface area contributed by atoms with E-state index in [0.29, 0.717) is 0 Å². The number of carboxylic acids is 2. The van der Waals surface area contributed by atoms with Crippen LogP contribution < -0.4 is 0 Å². The Bertz CT molecular complexity index is 236. The predicted molar refractivity (Wildman–Crippen MR) is 39.1 cm³/mol. The first-order valence-electron chi connectivity index (χ1n) is 3.59. The molecule has 0 aromatic carbocycles. The number of rotatable bonds is 2. The molecule has 6 heteroatoms. The van der Waals surface area contributed by atoms with Crippen molar-refractivity contribution in [2.75, 3.05) is 6.79 Å². The van der Waals surface area contributed by atoms with Crippen LogP contribution in [0.5, 0.6) is 0 Å². The minimum absolute atomic E-state index is 0.328. The fourth-order valence-electron chi connectivity index (χ4n) is 1.07. The highest BCUT2D eigenvalue weighted by Gasteiger charge is 2.62. The highest BCUT2D eigenvalue weighted by molar-refractivity contribution is 5.90. The number of aliphatic carboxylic acids is 2. The minimum Gasteiger partial charge on any atom is -0.479 e. The van der Waals surface area contributed by atoms with E-state index in [1.807, 2.05) is 0 Å². The van der Waals surface area contributed by atoms with Crippen LogP contribution in [0.4, 0.5) is 0 Å². The Morgan fingerprint density at radius 3 is 1.62 bits per heavy atom. The Kier molecular flexibility index (Phi) is 2.05. The molecule has 0 aliphatic carbocycles. The van der Waals surface area contributed by atoms with Gasteiger partial charge in [0, 0.05) is 0 Å². The van der Waals surface area contributed by atoms with Crippen LogP contribution in [0.25, 0.3) is 0 Å². The van der Waals surface area contributed by atoms with Crippen LogP contribution in [0.15, 0.2) is 0 Å². The molecule has 74 valence electrons. The number of carboxylic acid groups (broad SMARTS) is 2. The van der Waals surface area contributed by atoms with E-state index in [-0.39, 0.29) is 6.79 Å². The van der Waals surface area contributed by atoms with E-state index in [1.165, 1.54) is 13.8 Å². The Labute approximate surface area is 74.1 Å². The fraction of sp³-hybridized carbons (Fsp3) is 0.714. The maximum absolute atomic E-state index is 10.8. The molecule has 0 radical (unpaired) electrons. The number of carbonyl (C=O) groups is 2. The molecule has 1 saturated heterocycles. The van der Waals surface area contributed by atoms with Gasteiger partial charge in [-0.15, -0.1) is 0 Å². The van der Waals surface area contributed by atoms with E-state index in [9.17, 15) is 9.59 Å². The van der Waals surface area contributed by atoms with E-state index in [2.05, 4.69) is 0 Å². The van der Waals surface area contributed by atoms with E-state index in [0.717, 1.165) is 0 Å². The van der Waals surface area contributed by atoms with Crippen molar-refractivity contribution in [3.8, 4) is 0 Å². The normalized spacial score (nSPS) is 38.9. The molecule has 2 N–H and O–H groups in total. The maximum atomic E-state index is 10.8. The van der Waals surface area contributed by atoms with Gasteiger partial charge in [0.25, 0.3) is 0 Å². The molecule has 1 rings (SSSR count). The quantitative estimate of drug-likeness (QED) is 0.619. The zero-order valence-corrected chi connectivity index (χ0v) is 7.23. The summed E-state index contributed by atoms with van der Waals surface area (Å²) >= 11 is 0. The van der Waals surface area contributed by atoms with Crippen molar-refractivity contribution in [3.05, 3.63) is 0 Å². The van der Waals surface area contributed by atoms with E-state index < -0.39 is 23.1 Å². The van der Waals surface area contributed by atoms with Gasteiger partial charge in [0.1, 0.15) is 6.79 Å². The highest BCUT2D eigenvalue weighted by Crippen LogP contribution is 2.36. The standard InChI is InChI=1S/C7H10O6/c1-6(4(8)9)7(2,5(10)11)13-3-12-6/h3H2,1-2H3,(H,8,9)(H,10,11). The van der Waals surface area contributed by atoms with Crippen molar-refractivity contribution in [1.29, 1.82) is 0 Å². The second kappa shape index (κ2) is 2.68. The van der Waals surface area contributed by atoms with Crippen LogP contribution in [-0.2, 0) is 19.1 Å². The summed E-state index contributed by atoms with van der Waals surface area (Å²) in [5.41, 5.74) is -3.67. The first-order valence-corrected chi connectivity index (χ1v) is 3.59. The first-order chi connectivity index (χ1) is 5.84. The summed E-state index contributed by atoms with van der Waals surface area (Å²) in [4.78, 5) is 21.6. The molecule has 0 aromatic heterocycles. The lowest BCUT2D eigenvalue weighted by Crippen LogP contribution is -2.57. The molecular formula is C7H10O6. The van der Waals surface area contributed by atoms with Gasteiger partial charge in [0.2, 0.25) is 11.2 Å². The zero-order valence-electron chi connectivity index (χ0n) is 7.23. The summed E-state index contributed by atoms with van der Waals surface area (Å²) in [6.07, 6.45) is 0. The monoisotopic (exact) mass is 190 g/mol. The number of hydrogen-bond acceptors (Lipinski definition) is 4. The Hall–Kier alpha value is -1.14. The summed E-state index contributed by atoms with van der Waals surface area (Å²) in [6, 6.07) is 0. The van der Waals surface area contributed by atoms with E-state index in [1.54, 1.807) is 0 Å². The Balaban J connectivity index is 3.11. The molecular weight excluding hydrogens is 180 g/mol. The molecule has 1 aliphatic heterocycles. The van der Waals surface area contributed by atoms with Crippen LogP contribution >= 0.6 is 0 Å². The van der Waals surface area contributed by atoms with Crippen LogP contribution in [0.3, 0.4) is 0 Å². The smallest absolute Gasteiger partial charge is 0.339 e. The molecule has 2 unspecified atom stereocenters. The van der Waals surface area contributed by atoms with Gasteiger partial charge in [-0.3, -0.25) is 0 Å². The van der Waals surface area contributed by atoms with Gasteiger partial charge >= 0.3 is 11.9 Å². The van der Waals surface area contributed by atoms with Gasteiger partial charge in [-0.2, -0.15) is 0 Å². The van der Waals surface area contributed by atoms with Crippen molar-refractivity contribution < 1.29 is 29.3 Å². The van der Waals surface area contributed by atoms with Crippen molar-refractivity contribution in [3.63, 3.8) is 0 Å². The Morgan fingerprint density at radius 2 is 1.38 bits per heavy atom. The van der Waals surface area contributed by atoms with Gasteiger partial charge in [-0.05, 0) is 13.8 Å². The highest BCUT2D eigenvalue weighted by atomic mass is 16.7. The predicted octanol–water partition coefficient (Wildman–Crippen LogP) is -0.323. The second-order valence-electron chi connectivity index (χ2n) is 3.08. The third-order valence-electron chi connectivity index (χ3n) is 2.42. The lowest BCUT2D eigenvalue weighted by molar-refractivity contribution is -0.177. The molecule has 0 aromatic rings. The third kappa shape index (κ3) is 1.10. The minimum atomic E-state index is -1.83. The molecule has 0 saturated carbocycles. The average molecular weight is 190 g/mol. The van der Waals surface area contributed by atoms with Gasteiger partial charge in [0.15, 0.2) is 0 Å². The third-order valence-corrected chi connectivity index (χ3v) is 2.42. The lowest BCUT2D eigenvalue weighted by atomic mass is 9.86. The first kappa shape index (κ1) is 9.94. The topological polar surface area (TPSA) is 93.1 Å². The summed E-state index contributed by atoms with van der Waals surface area (Å²) in [5, 5.41) is 17.6. The molecule has 1 aliphatic rings. The summed E-state index contributed by atoms with van der Waals surface area (Å²) in [7, 11) is 0. The summed E-state index contributed by atoms with van der Waals surface area (Å²) in [5.74, 6) is -2.70. The van der Waals surface area contributed by atoms with E-state index in [4.69, 9.17) is 19.7 Å². The van der Waals surface area contributed by atoms with Crippen molar-refractivity contribution in [2.45, 2.75) is 25.0 Å². The van der Waals surface area contributed by atoms with Crippen LogP contribution in [0.1, 0.15) is 13.8 Å². The van der Waals surface area contributed by atoms with Crippen molar-refractivity contribution in [2.24, 2.45) is 0 Å². The number of ether oxygens (including phenoxy) is 2. The fourth-order valence-corrected chi connectivity index (χ4v) is 1.07. The van der Waals surface area contributed by atoms with Gasteiger partial charge in [-0.1, -0.05) is 0 Å². The SMILES string of the molecule is CC1(C(=O)O)OCOC1(C)C(=O)O. The zero-order chi connectivity index (χ0) is 10.3. The lowest BCUT2D eigenvalue weighted by Gasteiger charge is -2.29. The molecule has 1 fully saturated rings. The molecule has 13 heavy (non-hydrogen) atoms. The van der Waals surface area contributed by atoms with Gasteiger partial charge < -0.3 is 19.7 Å². The summed E-state index contributed by atoms with van der Waals surface area (Å²) in [6.45, 7) is 2.03. The van der Waals surface area contributed by atoms with Crippen LogP contribution in [0, 0.1) is 0 Å². The molecule has 2 atom stereocenters. The largest absolute Gasteiger partial charge is 0.479 e. The van der Waals surface area contributed by atoms with Crippen molar-refractivity contribution >= 4 is 11.9 Å². The van der Waals surface area contributed by atoms with Crippen LogP contribution in [0.2, 0.25) is 0 Å². The Morgan fingerprint density at radius 1 is 1.08 bits per heavy atom.